The predicted octanol–water partition coefficient (Wildman–Crippen LogP) is 1.17. The standard InChI is InChI=1S/C6H12O2S2/c1-2-6(7)8-3-5(10)4-9/h5,9-10H,2-4H2,1H3. The molecule has 0 aromatic rings. The molecule has 0 bridgehead atoms. The first kappa shape index (κ1) is 10.2. The minimum absolute atomic E-state index is 0.0545. The van der Waals surface area contributed by atoms with Gasteiger partial charge in [0, 0.05) is 17.4 Å². The zero-order valence-electron chi connectivity index (χ0n) is 5.91. The molecule has 0 N–H and O–H groups in total. The van der Waals surface area contributed by atoms with Gasteiger partial charge in [-0.25, -0.2) is 0 Å². The highest BCUT2D eigenvalue weighted by molar-refractivity contribution is 7.84. The number of rotatable bonds is 4. The molecular weight excluding hydrogens is 168 g/mol. The predicted molar refractivity (Wildman–Crippen MR) is 47.9 cm³/mol. The smallest absolute Gasteiger partial charge is 0.305 e. The molecule has 2 nitrogen and oxygen atoms in total. The Bertz CT molecular complexity index is 106. The molecule has 10 heavy (non-hydrogen) atoms. The molecule has 0 aromatic heterocycles. The molecule has 0 aliphatic rings. The van der Waals surface area contributed by atoms with Gasteiger partial charge >= 0.3 is 5.97 Å². The highest BCUT2D eigenvalue weighted by atomic mass is 32.1. The van der Waals surface area contributed by atoms with Gasteiger partial charge in [0.1, 0.15) is 6.61 Å². The third-order valence-corrected chi connectivity index (χ3v) is 2.00. The van der Waals surface area contributed by atoms with E-state index in [4.69, 9.17) is 4.74 Å². The number of thiol groups is 2. The lowest BCUT2D eigenvalue weighted by Gasteiger charge is -2.06. The lowest BCUT2D eigenvalue weighted by molar-refractivity contribution is -0.143. The van der Waals surface area contributed by atoms with Crippen molar-refractivity contribution >= 4 is 31.2 Å². The van der Waals surface area contributed by atoms with E-state index in [0.29, 0.717) is 18.8 Å². The van der Waals surface area contributed by atoms with Gasteiger partial charge in [-0.05, 0) is 0 Å². The van der Waals surface area contributed by atoms with Crippen LogP contribution in [0.5, 0.6) is 0 Å². The van der Waals surface area contributed by atoms with Crippen molar-refractivity contribution in [3.8, 4) is 0 Å². The maximum atomic E-state index is 10.6. The van der Waals surface area contributed by atoms with E-state index in [1.807, 2.05) is 0 Å². The number of carbonyl (C=O) groups excluding carboxylic acids is 1. The molecule has 1 unspecified atom stereocenters. The van der Waals surface area contributed by atoms with E-state index in [-0.39, 0.29) is 11.2 Å². The third-order valence-electron chi connectivity index (χ3n) is 0.936. The van der Waals surface area contributed by atoms with Crippen molar-refractivity contribution in [3.63, 3.8) is 0 Å². The maximum absolute atomic E-state index is 10.6. The average molecular weight is 180 g/mol. The van der Waals surface area contributed by atoms with Crippen molar-refractivity contribution in [3.05, 3.63) is 0 Å². The molecule has 0 amide bonds. The van der Waals surface area contributed by atoms with Gasteiger partial charge in [-0.1, -0.05) is 6.92 Å². The van der Waals surface area contributed by atoms with E-state index in [1.165, 1.54) is 0 Å². The highest BCUT2D eigenvalue weighted by Gasteiger charge is 2.03. The first-order chi connectivity index (χ1) is 4.70. The Hall–Kier alpha value is 0.170. The molecule has 0 radical (unpaired) electrons. The maximum Gasteiger partial charge on any atom is 0.305 e. The van der Waals surface area contributed by atoms with Crippen LogP contribution in [0.4, 0.5) is 0 Å². The summed E-state index contributed by atoms with van der Waals surface area (Å²) in [7, 11) is 0. The van der Waals surface area contributed by atoms with Crippen molar-refractivity contribution < 1.29 is 9.53 Å². The Labute approximate surface area is 72.1 Å². The summed E-state index contributed by atoms with van der Waals surface area (Å²) in [6, 6.07) is 0. The minimum Gasteiger partial charge on any atom is -0.464 e. The Morgan fingerprint density at radius 3 is 2.70 bits per heavy atom. The SMILES string of the molecule is CCC(=O)OCC(S)CS. The van der Waals surface area contributed by atoms with E-state index in [9.17, 15) is 4.79 Å². The molecule has 60 valence electrons. The molecule has 0 aliphatic heterocycles. The summed E-state index contributed by atoms with van der Waals surface area (Å²) in [5.41, 5.74) is 0. The molecule has 0 rings (SSSR count). The lowest BCUT2D eigenvalue weighted by Crippen LogP contribution is -2.14. The summed E-state index contributed by atoms with van der Waals surface area (Å²) in [6.45, 7) is 2.12. The summed E-state index contributed by atoms with van der Waals surface area (Å²) in [6.07, 6.45) is 0.424. The van der Waals surface area contributed by atoms with E-state index in [1.54, 1.807) is 6.92 Å². The second kappa shape index (κ2) is 5.92. The van der Waals surface area contributed by atoms with E-state index in [2.05, 4.69) is 25.3 Å². The van der Waals surface area contributed by atoms with E-state index in [0.717, 1.165) is 0 Å². The molecule has 0 aromatic carbocycles. The molecule has 0 spiro atoms. The second-order valence-electron chi connectivity index (χ2n) is 1.87. The van der Waals surface area contributed by atoms with Crippen LogP contribution in [-0.4, -0.2) is 23.6 Å². The zero-order valence-corrected chi connectivity index (χ0v) is 7.70. The topological polar surface area (TPSA) is 26.3 Å². The van der Waals surface area contributed by atoms with Gasteiger partial charge in [-0.3, -0.25) is 4.79 Å². The van der Waals surface area contributed by atoms with Gasteiger partial charge in [0.2, 0.25) is 0 Å². The summed E-state index contributed by atoms with van der Waals surface area (Å²) in [5.74, 6) is 0.445. The molecule has 0 fully saturated rings. The van der Waals surface area contributed by atoms with Crippen molar-refractivity contribution in [1.29, 1.82) is 0 Å². The third kappa shape index (κ3) is 4.99. The van der Waals surface area contributed by atoms with Crippen molar-refractivity contribution in [2.45, 2.75) is 18.6 Å². The van der Waals surface area contributed by atoms with Crippen molar-refractivity contribution in [2.24, 2.45) is 0 Å². The number of esters is 1. The van der Waals surface area contributed by atoms with Crippen LogP contribution in [0.3, 0.4) is 0 Å². The van der Waals surface area contributed by atoms with Gasteiger partial charge < -0.3 is 4.74 Å². The van der Waals surface area contributed by atoms with Gasteiger partial charge in [-0.15, -0.1) is 0 Å². The number of ether oxygens (including phenoxy) is 1. The molecule has 0 aliphatic carbocycles. The Balaban J connectivity index is 3.26. The molecule has 0 saturated carbocycles. The summed E-state index contributed by atoms with van der Waals surface area (Å²) >= 11 is 8.07. The van der Waals surface area contributed by atoms with Crippen LogP contribution in [0.15, 0.2) is 0 Å². The fraction of sp³-hybridized carbons (Fsp3) is 0.833. The number of hydrogen-bond donors (Lipinski definition) is 2. The van der Waals surface area contributed by atoms with Gasteiger partial charge in [0.05, 0.1) is 0 Å². The minimum atomic E-state index is -0.180. The van der Waals surface area contributed by atoms with Crippen LogP contribution in [0.2, 0.25) is 0 Å². The largest absolute Gasteiger partial charge is 0.464 e. The fourth-order valence-electron chi connectivity index (χ4n) is 0.344. The van der Waals surface area contributed by atoms with Crippen LogP contribution in [0.25, 0.3) is 0 Å². The van der Waals surface area contributed by atoms with Crippen LogP contribution in [-0.2, 0) is 9.53 Å². The Morgan fingerprint density at radius 2 is 2.30 bits per heavy atom. The lowest BCUT2D eigenvalue weighted by atomic mass is 10.5. The first-order valence-electron chi connectivity index (χ1n) is 3.15. The zero-order chi connectivity index (χ0) is 7.98. The van der Waals surface area contributed by atoms with Crippen LogP contribution < -0.4 is 0 Å². The summed E-state index contributed by atoms with van der Waals surface area (Å²) in [5, 5.41) is 0.0545. The number of hydrogen-bond acceptors (Lipinski definition) is 4. The monoisotopic (exact) mass is 180 g/mol. The molecule has 1 atom stereocenters. The van der Waals surface area contributed by atoms with Crippen LogP contribution >= 0.6 is 25.3 Å². The Kier molecular flexibility index (Phi) is 6.02. The number of carbonyl (C=O) groups is 1. The molecule has 0 saturated heterocycles. The second-order valence-corrected chi connectivity index (χ2v) is 2.97. The van der Waals surface area contributed by atoms with E-state index >= 15 is 0 Å². The molecule has 0 heterocycles. The van der Waals surface area contributed by atoms with Crippen LogP contribution in [0, 0.1) is 0 Å². The van der Waals surface area contributed by atoms with Crippen molar-refractivity contribution in [1.82, 2.24) is 0 Å². The quantitative estimate of drug-likeness (QED) is 0.502. The normalized spacial score (nSPS) is 12.7. The molecule has 4 heteroatoms. The Morgan fingerprint density at radius 1 is 1.70 bits per heavy atom. The van der Waals surface area contributed by atoms with Crippen molar-refractivity contribution in [2.75, 3.05) is 12.4 Å². The average Bonchev–Trinajstić information content (AvgIpc) is 1.99. The highest BCUT2D eigenvalue weighted by Crippen LogP contribution is 1.98. The summed E-state index contributed by atoms with van der Waals surface area (Å²) < 4.78 is 4.78. The first-order valence-corrected chi connectivity index (χ1v) is 4.30. The van der Waals surface area contributed by atoms with Gasteiger partial charge in [0.25, 0.3) is 0 Å². The van der Waals surface area contributed by atoms with Gasteiger partial charge in [-0.2, -0.15) is 25.3 Å². The van der Waals surface area contributed by atoms with Gasteiger partial charge in [0.15, 0.2) is 0 Å². The molecular formula is C6H12O2S2. The van der Waals surface area contributed by atoms with E-state index < -0.39 is 0 Å². The van der Waals surface area contributed by atoms with Crippen LogP contribution in [0.1, 0.15) is 13.3 Å². The summed E-state index contributed by atoms with van der Waals surface area (Å²) in [4.78, 5) is 10.6. The fourth-order valence-corrected chi connectivity index (χ4v) is 0.524.